The van der Waals surface area contributed by atoms with Crippen LogP contribution in [0.5, 0.6) is 0 Å². The third-order valence-electron chi connectivity index (χ3n) is 2.94. The van der Waals surface area contributed by atoms with Gasteiger partial charge in [-0.05, 0) is 51.7 Å². The van der Waals surface area contributed by atoms with Crippen molar-refractivity contribution in [2.24, 2.45) is 0 Å². The highest BCUT2D eigenvalue weighted by Crippen LogP contribution is 2.08. The summed E-state index contributed by atoms with van der Waals surface area (Å²) >= 11 is 1.65. The Labute approximate surface area is 119 Å². The molecule has 0 saturated carbocycles. The molecule has 5 nitrogen and oxygen atoms in total. The lowest BCUT2D eigenvalue weighted by Gasteiger charge is -2.20. The monoisotopic (exact) mass is 288 g/mol. The maximum Gasteiger partial charge on any atom is 0.328 e. The van der Waals surface area contributed by atoms with Gasteiger partial charge >= 0.3 is 5.97 Å². The molecule has 0 bridgehead atoms. The van der Waals surface area contributed by atoms with Crippen LogP contribution in [0.2, 0.25) is 0 Å². The summed E-state index contributed by atoms with van der Waals surface area (Å²) in [5.74, 6) is 0.385. The molecule has 0 spiro atoms. The molecule has 1 rings (SSSR count). The number of hydrogen-bond donors (Lipinski definition) is 2. The number of ether oxygens (including phenoxy) is 1. The number of hydrogen-bond acceptors (Lipinski definition) is 5. The van der Waals surface area contributed by atoms with Crippen molar-refractivity contribution < 1.29 is 14.3 Å². The zero-order valence-corrected chi connectivity index (χ0v) is 12.7. The van der Waals surface area contributed by atoms with Crippen LogP contribution in [0.25, 0.3) is 0 Å². The summed E-state index contributed by atoms with van der Waals surface area (Å²) in [5, 5.41) is 5.94. The van der Waals surface area contributed by atoms with Crippen molar-refractivity contribution in [3.63, 3.8) is 0 Å². The SMILES string of the molecule is CSCC[C@H](NC(=O)[C@@H]1CCCN1)C(=O)OC(C)C. The predicted octanol–water partition coefficient (Wildman–Crippen LogP) is 0.928. The van der Waals surface area contributed by atoms with Crippen molar-refractivity contribution in [1.82, 2.24) is 10.6 Å². The maximum atomic E-state index is 12.0. The number of rotatable bonds is 7. The first-order valence-electron chi connectivity index (χ1n) is 6.77. The summed E-state index contributed by atoms with van der Waals surface area (Å²) < 4.78 is 5.19. The minimum Gasteiger partial charge on any atom is -0.461 e. The van der Waals surface area contributed by atoms with Gasteiger partial charge in [-0.15, -0.1) is 0 Å². The molecule has 0 aromatic rings. The molecule has 19 heavy (non-hydrogen) atoms. The van der Waals surface area contributed by atoms with Crippen LogP contribution < -0.4 is 10.6 Å². The lowest BCUT2D eigenvalue weighted by Crippen LogP contribution is -2.49. The van der Waals surface area contributed by atoms with Gasteiger partial charge in [-0.25, -0.2) is 4.79 Å². The van der Waals surface area contributed by atoms with Gasteiger partial charge in [0, 0.05) is 0 Å². The average Bonchev–Trinajstić information content (AvgIpc) is 2.86. The summed E-state index contributed by atoms with van der Waals surface area (Å²) in [6.45, 7) is 4.48. The van der Waals surface area contributed by atoms with Crippen molar-refractivity contribution >= 4 is 23.6 Å². The van der Waals surface area contributed by atoms with E-state index < -0.39 is 6.04 Å². The van der Waals surface area contributed by atoms with E-state index in [0.29, 0.717) is 6.42 Å². The fourth-order valence-corrected chi connectivity index (χ4v) is 2.45. The standard InChI is InChI=1S/C13H24N2O3S/c1-9(2)18-13(17)11(6-8-19-3)15-12(16)10-5-4-7-14-10/h9-11,14H,4-8H2,1-3H3,(H,15,16)/t10-,11-/m0/s1. The van der Waals surface area contributed by atoms with Crippen LogP contribution in [0.15, 0.2) is 0 Å². The minimum absolute atomic E-state index is 0.0932. The summed E-state index contributed by atoms with van der Waals surface area (Å²) in [5.41, 5.74) is 0. The molecule has 1 aliphatic heterocycles. The topological polar surface area (TPSA) is 67.4 Å². The molecule has 0 aromatic carbocycles. The predicted molar refractivity (Wildman–Crippen MR) is 77.2 cm³/mol. The second-order valence-electron chi connectivity index (χ2n) is 4.98. The highest BCUT2D eigenvalue weighted by atomic mass is 32.2. The van der Waals surface area contributed by atoms with Crippen LogP contribution >= 0.6 is 11.8 Å². The van der Waals surface area contributed by atoms with E-state index in [1.807, 2.05) is 20.1 Å². The molecule has 0 unspecified atom stereocenters. The summed E-state index contributed by atoms with van der Waals surface area (Å²) in [6.07, 6.45) is 4.26. The van der Waals surface area contributed by atoms with Gasteiger partial charge in [0.2, 0.25) is 5.91 Å². The van der Waals surface area contributed by atoms with Crippen molar-refractivity contribution in [2.45, 2.75) is 51.3 Å². The molecule has 2 N–H and O–H groups in total. The van der Waals surface area contributed by atoms with Crippen LogP contribution in [0.4, 0.5) is 0 Å². The summed E-state index contributed by atoms with van der Waals surface area (Å²) in [7, 11) is 0. The number of thioether (sulfide) groups is 1. The van der Waals surface area contributed by atoms with E-state index in [9.17, 15) is 9.59 Å². The van der Waals surface area contributed by atoms with E-state index in [-0.39, 0.29) is 24.0 Å². The number of esters is 1. The molecule has 0 aliphatic carbocycles. The molecule has 0 aromatic heterocycles. The summed E-state index contributed by atoms with van der Waals surface area (Å²) in [6, 6.07) is -0.701. The van der Waals surface area contributed by atoms with Crippen molar-refractivity contribution in [1.29, 1.82) is 0 Å². The first-order valence-corrected chi connectivity index (χ1v) is 8.17. The van der Waals surface area contributed by atoms with Gasteiger partial charge in [0.05, 0.1) is 12.1 Å². The Morgan fingerprint density at radius 2 is 2.21 bits per heavy atom. The molecular weight excluding hydrogens is 264 g/mol. The van der Waals surface area contributed by atoms with E-state index in [1.165, 1.54) is 0 Å². The van der Waals surface area contributed by atoms with Crippen LogP contribution in [0.3, 0.4) is 0 Å². The molecule has 0 radical (unpaired) electrons. The number of carbonyl (C=O) groups is 2. The zero-order valence-electron chi connectivity index (χ0n) is 11.9. The fourth-order valence-electron chi connectivity index (χ4n) is 1.98. The summed E-state index contributed by atoms with van der Waals surface area (Å²) in [4.78, 5) is 24.0. The van der Waals surface area contributed by atoms with Gasteiger partial charge in [-0.1, -0.05) is 0 Å². The molecule has 110 valence electrons. The van der Waals surface area contributed by atoms with Crippen molar-refractivity contribution in [3.8, 4) is 0 Å². The van der Waals surface area contributed by atoms with Crippen LogP contribution in [-0.2, 0) is 14.3 Å². The van der Waals surface area contributed by atoms with E-state index in [1.54, 1.807) is 11.8 Å². The Balaban J connectivity index is 2.52. The van der Waals surface area contributed by atoms with Crippen molar-refractivity contribution in [2.75, 3.05) is 18.6 Å². The molecule has 1 fully saturated rings. The van der Waals surface area contributed by atoms with Gasteiger partial charge in [0.15, 0.2) is 0 Å². The first-order chi connectivity index (χ1) is 9.04. The van der Waals surface area contributed by atoms with Gasteiger partial charge in [0.1, 0.15) is 6.04 Å². The van der Waals surface area contributed by atoms with E-state index in [4.69, 9.17) is 4.74 Å². The third kappa shape index (κ3) is 5.82. The highest BCUT2D eigenvalue weighted by Gasteiger charge is 2.28. The Hall–Kier alpha value is -0.750. The second kappa shape index (κ2) is 8.43. The zero-order chi connectivity index (χ0) is 14.3. The first kappa shape index (κ1) is 16.3. The van der Waals surface area contributed by atoms with Crippen LogP contribution in [-0.4, -0.2) is 48.6 Å². The van der Waals surface area contributed by atoms with Gasteiger partial charge < -0.3 is 15.4 Å². The number of carbonyl (C=O) groups excluding carboxylic acids is 2. The van der Waals surface area contributed by atoms with E-state index in [2.05, 4.69) is 10.6 Å². The average molecular weight is 288 g/mol. The van der Waals surface area contributed by atoms with Gasteiger partial charge in [-0.3, -0.25) is 4.79 Å². The Morgan fingerprint density at radius 1 is 1.47 bits per heavy atom. The second-order valence-corrected chi connectivity index (χ2v) is 5.96. The smallest absolute Gasteiger partial charge is 0.328 e. The largest absolute Gasteiger partial charge is 0.461 e. The van der Waals surface area contributed by atoms with Crippen molar-refractivity contribution in [3.05, 3.63) is 0 Å². The van der Waals surface area contributed by atoms with Gasteiger partial charge in [0.25, 0.3) is 0 Å². The molecule has 1 heterocycles. The number of amides is 1. The van der Waals surface area contributed by atoms with E-state index in [0.717, 1.165) is 25.1 Å². The van der Waals surface area contributed by atoms with Crippen LogP contribution in [0, 0.1) is 0 Å². The Morgan fingerprint density at radius 3 is 2.74 bits per heavy atom. The van der Waals surface area contributed by atoms with Gasteiger partial charge in [-0.2, -0.15) is 11.8 Å². The quantitative estimate of drug-likeness (QED) is 0.682. The maximum absolute atomic E-state index is 12.0. The Kier molecular flexibility index (Phi) is 7.23. The van der Waals surface area contributed by atoms with Crippen LogP contribution in [0.1, 0.15) is 33.1 Å². The Bertz CT molecular complexity index is 304. The molecule has 6 heteroatoms. The molecule has 1 saturated heterocycles. The highest BCUT2D eigenvalue weighted by molar-refractivity contribution is 7.98. The minimum atomic E-state index is -0.537. The molecule has 2 atom stereocenters. The lowest BCUT2D eigenvalue weighted by molar-refractivity contribution is -0.151. The molecule has 1 aliphatic rings. The molecule has 1 amide bonds. The fraction of sp³-hybridized carbons (Fsp3) is 0.846. The normalized spacial score (nSPS) is 20.3. The number of nitrogens with one attached hydrogen (secondary N) is 2. The molecular formula is C13H24N2O3S. The third-order valence-corrected chi connectivity index (χ3v) is 3.58. The van der Waals surface area contributed by atoms with E-state index >= 15 is 0 Å². The lowest BCUT2D eigenvalue weighted by atomic mass is 10.1.